The van der Waals surface area contributed by atoms with E-state index in [0.717, 1.165) is 6.92 Å². The van der Waals surface area contributed by atoms with Crippen LogP contribution in [-0.2, 0) is 30.2 Å². The summed E-state index contributed by atoms with van der Waals surface area (Å²) in [5, 5.41) is 45.2. The van der Waals surface area contributed by atoms with Gasteiger partial charge in [-0.25, -0.2) is 8.78 Å². The zero-order valence-electron chi connectivity index (χ0n) is 25.2. The van der Waals surface area contributed by atoms with E-state index in [-0.39, 0.29) is 41.0 Å². The number of hydrogen-bond acceptors (Lipinski definition) is 12. The third kappa shape index (κ3) is 5.07. The summed E-state index contributed by atoms with van der Waals surface area (Å²) in [4.78, 5) is 40.0. The molecule has 6 rings (SSSR count). The highest BCUT2D eigenvalue weighted by Gasteiger charge is 2.52. The summed E-state index contributed by atoms with van der Waals surface area (Å²) in [6, 6.07) is 4.28. The van der Waals surface area contributed by atoms with Crippen LogP contribution in [0.3, 0.4) is 0 Å². The van der Waals surface area contributed by atoms with Gasteiger partial charge in [0.05, 0.1) is 36.0 Å². The summed E-state index contributed by atoms with van der Waals surface area (Å²) in [5.74, 6) is -3.91. The summed E-state index contributed by atoms with van der Waals surface area (Å²) >= 11 is 0. The lowest BCUT2D eigenvalue weighted by Crippen LogP contribution is -2.58. The lowest BCUT2D eigenvalue weighted by Gasteiger charge is -2.44. The fourth-order valence-corrected chi connectivity index (χ4v) is 6.74. The maximum absolute atomic E-state index is 15.7. The molecule has 2 fully saturated rings. The second-order valence-corrected chi connectivity index (χ2v) is 12.1. The summed E-state index contributed by atoms with van der Waals surface area (Å²) in [7, 11) is 1.29. The molecule has 2 aromatic rings. The van der Waals surface area contributed by atoms with Crippen molar-refractivity contribution >= 4 is 17.3 Å². The second kappa shape index (κ2) is 11.9. The Bertz CT molecular complexity index is 1600. The van der Waals surface area contributed by atoms with Gasteiger partial charge in [0.15, 0.2) is 36.5 Å². The van der Waals surface area contributed by atoms with Gasteiger partial charge in [-0.15, -0.1) is 0 Å². The van der Waals surface area contributed by atoms with Gasteiger partial charge in [-0.2, -0.15) is 0 Å². The van der Waals surface area contributed by atoms with Crippen LogP contribution in [0.1, 0.15) is 82.2 Å². The number of aliphatic hydroxyl groups excluding tert-OH is 1. The number of phenols is 2. The summed E-state index contributed by atoms with van der Waals surface area (Å²) < 4.78 is 57.8. The van der Waals surface area contributed by atoms with E-state index in [2.05, 4.69) is 0 Å². The molecule has 4 aliphatic rings. The molecule has 14 heteroatoms. The molecule has 2 saturated heterocycles. The Labute approximate surface area is 261 Å². The van der Waals surface area contributed by atoms with Gasteiger partial charge in [0, 0.05) is 36.1 Å². The number of rotatable bonds is 6. The molecule has 46 heavy (non-hydrogen) atoms. The zero-order valence-corrected chi connectivity index (χ0v) is 25.2. The Morgan fingerprint density at radius 2 is 1.76 bits per heavy atom. The summed E-state index contributed by atoms with van der Waals surface area (Å²) in [6.07, 6.45) is -13.4. The number of benzene rings is 2. The molecule has 0 radical (unpaired) electrons. The molecule has 248 valence electrons. The van der Waals surface area contributed by atoms with E-state index in [1.165, 1.54) is 32.2 Å². The number of halogens is 2. The van der Waals surface area contributed by atoms with Crippen LogP contribution >= 0.6 is 0 Å². The Morgan fingerprint density at radius 1 is 1.04 bits per heavy atom. The molecule has 0 aromatic heterocycles. The number of ketones is 3. The monoisotopic (exact) mass is 648 g/mol. The fraction of sp³-hybridized carbons (Fsp3) is 0.531. The molecule has 0 spiro atoms. The number of methoxy groups -OCH3 is 1. The number of carbonyl (C=O) groups excluding carboxylic acids is 3. The first-order valence-corrected chi connectivity index (χ1v) is 14.9. The molecule has 12 nitrogen and oxygen atoms in total. The number of ether oxygens (including phenoxy) is 5. The van der Waals surface area contributed by atoms with Crippen molar-refractivity contribution in [1.82, 2.24) is 0 Å². The number of Topliss-reactive ketones (excluding diaryl/α,β-unsaturated/α-hetero) is 1. The maximum atomic E-state index is 15.7. The number of hydrogen-bond donors (Lipinski definition) is 4. The molecular weight excluding hydrogens is 614 g/mol. The molecule has 2 unspecified atom stereocenters. The fourth-order valence-electron chi connectivity index (χ4n) is 6.74. The van der Waals surface area contributed by atoms with Gasteiger partial charge in [0.2, 0.25) is 5.78 Å². The number of alkyl halides is 2. The van der Waals surface area contributed by atoms with Crippen molar-refractivity contribution in [2.75, 3.05) is 13.7 Å². The van der Waals surface area contributed by atoms with Gasteiger partial charge in [-0.05, 0) is 32.8 Å². The minimum Gasteiger partial charge on any atom is -0.507 e. The van der Waals surface area contributed by atoms with Crippen molar-refractivity contribution in [3.63, 3.8) is 0 Å². The van der Waals surface area contributed by atoms with Crippen LogP contribution in [0.2, 0.25) is 0 Å². The Hall–Kier alpha value is -3.53. The van der Waals surface area contributed by atoms with Crippen LogP contribution < -0.4 is 4.74 Å². The number of carbonyl (C=O) groups is 3. The van der Waals surface area contributed by atoms with Crippen LogP contribution in [-0.4, -0.2) is 100 Å². The summed E-state index contributed by atoms with van der Waals surface area (Å²) in [5.41, 5.74) is -4.07. The quantitative estimate of drug-likeness (QED) is 0.288. The summed E-state index contributed by atoms with van der Waals surface area (Å²) in [6.45, 7) is 2.74. The number of aliphatic hydroxyl groups is 2. The largest absolute Gasteiger partial charge is 0.507 e. The average molecular weight is 649 g/mol. The van der Waals surface area contributed by atoms with E-state index in [1.54, 1.807) is 0 Å². The Morgan fingerprint density at radius 3 is 2.43 bits per heavy atom. The molecule has 0 bridgehead atoms. The zero-order chi connectivity index (χ0) is 33.2. The minimum atomic E-state index is -2.31. The Balaban J connectivity index is 1.38. The van der Waals surface area contributed by atoms with Crippen LogP contribution in [0, 0.1) is 0 Å². The van der Waals surface area contributed by atoms with Crippen LogP contribution in [0.5, 0.6) is 17.2 Å². The van der Waals surface area contributed by atoms with Crippen molar-refractivity contribution in [3.8, 4) is 17.2 Å². The van der Waals surface area contributed by atoms with E-state index in [4.69, 9.17) is 23.7 Å². The smallest absolute Gasteiger partial charge is 0.202 e. The van der Waals surface area contributed by atoms with Gasteiger partial charge >= 0.3 is 0 Å². The highest BCUT2D eigenvalue weighted by atomic mass is 19.1. The average Bonchev–Trinajstić information content (AvgIpc) is 3.02. The second-order valence-electron chi connectivity index (χ2n) is 12.1. The highest BCUT2D eigenvalue weighted by Crippen LogP contribution is 2.52. The molecule has 2 aromatic carbocycles. The van der Waals surface area contributed by atoms with Gasteiger partial charge in [-0.1, -0.05) is 12.1 Å². The van der Waals surface area contributed by atoms with Gasteiger partial charge in [-0.3, -0.25) is 14.4 Å². The number of phenolic OH excluding ortho intramolecular Hbond substituents is 2. The normalized spacial score (nSPS) is 34.0. The maximum Gasteiger partial charge on any atom is 0.202 e. The van der Waals surface area contributed by atoms with E-state index in [1.807, 2.05) is 0 Å². The first kappa shape index (κ1) is 32.4. The first-order valence-electron chi connectivity index (χ1n) is 14.9. The number of aromatic hydroxyl groups is 2. The van der Waals surface area contributed by atoms with Gasteiger partial charge in [0.25, 0.3) is 0 Å². The van der Waals surface area contributed by atoms with Gasteiger partial charge < -0.3 is 44.1 Å². The van der Waals surface area contributed by atoms with Crippen LogP contribution in [0.15, 0.2) is 18.2 Å². The third-order valence-corrected chi connectivity index (χ3v) is 9.26. The SMILES string of the molecule is COc1cccc2c1C(=O)c1c(O)c3c(c(O)c1C2=O)CC(O)(C(C)=O)CC3O[C@@H]1O[C@@H](C)[C@@H](O[C@@H]2OCCC[C@@H]2F)[C@@H](O)[C@H]1F. The van der Waals surface area contributed by atoms with Crippen molar-refractivity contribution < 1.29 is 67.3 Å². The third-order valence-electron chi connectivity index (χ3n) is 9.26. The van der Waals surface area contributed by atoms with Crippen molar-refractivity contribution in [2.45, 2.75) is 94.5 Å². The van der Waals surface area contributed by atoms with E-state index in [0.29, 0.717) is 6.42 Å². The molecule has 2 heterocycles. The Kier molecular flexibility index (Phi) is 8.40. The first-order chi connectivity index (χ1) is 21.8. The van der Waals surface area contributed by atoms with Gasteiger partial charge in [0.1, 0.15) is 35.1 Å². The molecule has 2 aliphatic heterocycles. The van der Waals surface area contributed by atoms with E-state index in [9.17, 15) is 39.2 Å². The van der Waals surface area contributed by atoms with Crippen LogP contribution in [0.4, 0.5) is 8.78 Å². The molecule has 2 aliphatic carbocycles. The molecule has 9 atom stereocenters. The van der Waals surface area contributed by atoms with E-state index >= 15 is 4.39 Å². The predicted octanol–water partition coefficient (Wildman–Crippen LogP) is 2.51. The molecule has 4 N–H and O–H groups in total. The number of fused-ring (bicyclic) bond motifs is 3. The minimum absolute atomic E-state index is 0.0465. The predicted molar refractivity (Wildman–Crippen MR) is 151 cm³/mol. The highest BCUT2D eigenvalue weighted by molar-refractivity contribution is 6.31. The van der Waals surface area contributed by atoms with E-state index < -0.39 is 108 Å². The lowest BCUT2D eigenvalue weighted by atomic mass is 9.72. The lowest BCUT2D eigenvalue weighted by molar-refractivity contribution is -0.327. The van der Waals surface area contributed by atoms with Crippen molar-refractivity contribution in [3.05, 3.63) is 51.6 Å². The van der Waals surface area contributed by atoms with Crippen molar-refractivity contribution in [1.29, 1.82) is 0 Å². The van der Waals surface area contributed by atoms with Crippen molar-refractivity contribution in [2.24, 2.45) is 0 Å². The molecule has 0 amide bonds. The molecular formula is C32H34F2O12. The molecule has 0 saturated carbocycles. The van der Waals surface area contributed by atoms with Crippen LogP contribution in [0.25, 0.3) is 0 Å². The topological polar surface area (TPSA) is 178 Å². The standard InChI is InChI=1S/C32H34F2O12/c1-12-29(46-30-16(33)7-5-9-43-30)28(40)23(34)31(44-12)45-18-11-32(41,13(2)35)10-15-20(18)27(39)22-21(25(15)37)24(36)14-6-4-8-17(42-3)19(14)26(22)38/h4,6,8,12,16,18,23,28-31,37,39-41H,5,7,9-11H2,1-3H3/t12-,16-,18?,23+,28-,29+,30-,31-,32?/m0/s1.